The fourth-order valence-corrected chi connectivity index (χ4v) is 4.31. The first-order chi connectivity index (χ1) is 19.4. The number of carbonyl (C=O) groups excluding carboxylic acids is 2. The minimum Gasteiger partial charge on any atom is -0.477 e. The number of nitrogens with one attached hydrogen (secondary N) is 2. The molecule has 1 aromatic heterocycles. The van der Waals surface area contributed by atoms with Crippen molar-refractivity contribution in [3.63, 3.8) is 0 Å². The number of halogens is 3. The number of benzene rings is 1. The predicted molar refractivity (Wildman–Crippen MR) is 146 cm³/mol. The third-order valence-corrected chi connectivity index (χ3v) is 6.62. The molecule has 1 aliphatic rings. The van der Waals surface area contributed by atoms with Crippen molar-refractivity contribution in [2.75, 3.05) is 64.0 Å². The number of alkyl halides is 3. The Kier molecular flexibility index (Phi) is 10.8. The van der Waals surface area contributed by atoms with Gasteiger partial charge in [0.15, 0.2) is 17.2 Å². The van der Waals surface area contributed by atoms with Gasteiger partial charge in [0.25, 0.3) is 5.91 Å². The molecule has 1 atom stereocenters. The number of nitrogens with zero attached hydrogens (tertiary/aromatic N) is 5. The zero-order chi connectivity index (χ0) is 30.2. The number of carbonyl (C=O) groups is 2. The highest BCUT2D eigenvalue weighted by atomic mass is 19.4. The number of nitriles is 1. The summed E-state index contributed by atoms with van der Waals surface area (Å²) in [5.74, 6) is -1.42. The third-order valence-electron chi connectivity index (χ3n) is 6.62. The van der Waals surface area contributed by atoms with Crippen molar-refractivity contribution in [3.8, 4) is 11.9 Å². The summed E-state index contributed by atoms with van der Waals surface area (Å²) in [6, 6.07) is 3.85. The molecule has 1 saturated heterocycles. The third kappa shape index (κ3) is 9.02. The molecule has 2 aromatic rings. The molecule has 0 bridgehead atoms. The first-order valence-corrected chi connectivity index (χ1v) is 13.3. The molecule has 1 fully saturated rings. The van der Waals surface area contributed by atoms with Crippen molar-refractivity contribution < 1.29 is 27.5 Å². The Hall–Kier alpha value is -3.96. The number of rotatable bonds is 12. The quantitative estimate of drug-likeness (QED) is 0.321. The van der Waals surface area contributed by atoms with Crippen molar-refractivity contribution >= 4 is 23.5 Å². The Bertz CT molecular complexity index is 1270. The maximum atomic E-state index is 13.7. The smallest absolute Gasteiger partial charge is 0.416 e. The summed E-state index contributed by atoms with van der Waals surface area (Å²) in [7, 11) is 2.06. The summed E-state index contributed by atoms with van der Waals surface area (Å²) in [6.07, 6.45) is -4.45. The molecule has 222 valence electrons. The number of ether oxygens (including phenoxy) is 1. The lowest BCUT2D eigenvalue weighted by molar-refractivity contribution is -0.137. The number of amides is 1. The molecule has 0 saturated carbocycles. The lowest BCUT2D eigenvalue weighted by atomic mass is 9.99. The average molecular weight is 577 g/mol. The average Bonchev–Trinajstić information content (AvgIpc) is 2.91. The van der Waals surface area contributed by atoms with Crippen LogP contribution in [0.3, 0.4) is 0 Å². The van der Waals surface area contributed by atoms with E-state index in [-0.39, 0.29) is 40.9 Å². The second-order valence-corrected chi connectivity index (χ2v) is 9.84. The van der Waals surface area contributed by atoms with Crippen LogP contribution in [0.25, 0.3) is 0 Å². The monoisotopic (exact) mass is 576 g/mol. The SMILES string of the molecule is CCOc1nc(N)nc(N[C@@H](C)C(=O)Cc2cc(C(=O)NCCCN3CCN(C)CC3)cc(C(F)(F)F)c2)c1C#N. The van der Waals surface area contributed by atoms with Crippen LogP contribution in [0.1, 0.15) is 47.3 Å². The van der Waals surface area contributed by atoms with Crippen LogP contribution in [0.15, 0.2) is 18.2 Å². The lowest BCUT2D eigenvalue weighted by Crippen LogP contribution is -2.45. The Morgan fingerprint density at radius 1 is 1.20 bits per heavy atom. The molecule has 0 aliphatic carbocycles. The molecule has 0 radical (unpaired) electrons. The molecule has 3 rings (SSSR count). The van der Waals surface area contributed by atoms with E-state index in [1.54, 1.807) is 6.92 Å². The van der Waals surface area contributed by atoms with Gasteiger partial charge in [-0.2, -0.15) is 28.4 Å². The normalized spacial score (nSPS) is 15.1. The number of hydrogen-bond donors (Lipinski definition) is 3. The summed E-state index contributed by atoms with van der Waals surface area (Å²) < 4.78 is 46.3. The van der Waals surface area contributed by atoms with Gasteiger partial charge in [-0.15, -0.1) is 0 Å². The van der Waals surface area contributed by atoms with Crippen molar-refractivity contribution in [1.29, 1.82) is 5.26 Å². The van der Waals surface area contributed by atoms with E-state index >= 15 is 0 Å². The molecule has 0 unspecified atom stereocenters. The number of Topliss-reactive ketones (excluding diaryl/α,β-unsaturated/α-hetero) is 1. The maximum Gasteiger partial charge on any atom is 0.416 e. The first kappa shape index (κ1) is 31.6. The Labute approximate surface area is 236 Å². The zero-order valence-electron chi connectivity index (χ0n) is 23.3. The largest absolute Gasteiger partial charge is 0.477 e. The number of anilines is 2. The summed E-state index contributed by atoms with van der Waals surface area (Å²) in [6.45, 7) is 8.25. The van der Waals surface area contributed by atoms with Crippen molar-refractivity contribution in [1.82, 2.24) is 25.1 Å². The number of nitrogens with two attached hydrogens (primary N) is 1. The van der Waals surface area contributed by atoms with E-state index in [4.69, 9.17) is 10.5 Å². The zero-order valence-corrected chi connectivity index (χ0v) is 23.3. The van der Waals surface area contributed by atoms with Gasteiger partial charge in [-0.25, -0.2) is 0 Å². The first-order valence-electron chi connectivity index (χ1n) is 13.3. The van der Waals surface area contributed by atoms with E-state index in [0.29, 0.717) is 13.0 Å². The van der Waals surface area contributed by atoms with Gasteiger partial charge in [0, 0.05) is 44.7 Å². The van der Waals surface area contributed by atoms with Crippen LogP contribution in [-0.4, -0.2) is 90.4 Å². The number of likely N-dealkylation sites (N-methyl/N-ethyl adjacent to an activating group) is 1. The number of hydrogen-bond acceptors (Lipinski definition) is 10. The number of nitrogen functional groups attached to an aromatic ring is 1. The molecule has 11 nitrogen and oxygen atoms in total. The van der Waals surface area contributed by atoms with Crippen molar-refractivity contribution in [2.24, 2.45) is 0 Å². The molecular weight excluding hydrogens is 541 g/mol. The van der Waals surface area contributed by atoms with Gasteiger partial charge in [-0.1, -0.05) is 0 Å². The Morgan fingerprint density at radius 3 is 2.54 bits per heavy atom. The van der Waals surface area contributed by atoms with Crippen molar-refractivity contribution in [2.45, 2.75) is 38.9 Å². The standard InChI is InChI=1S/C27H35F3N8O3/c1-4-41-25-21(16-31)23(35-26(32)36-25)34-17(2)22(39)14-18-12-19(15-20(13-18)27(28,29)30)24(40)33-6-5-7-38-10-8-37(3)9-11-38/h12-13,15,17H,4-11,14H2,1-3H3,(H,33,40)(H3,32,34,35,36)/t17-/m0/s1. The topological polar surface area (TPSA) is 149 Å². The molecule has 1 aliphatic heterocycles. The molecule has 4 N–H and O–H groups in total. The van der Waals surface area contributed by atoms with Crippen LogP contribution in [0.4, 0.5) is 24.9 Å². The molecule has 1 aromatic carbocycles. The van der Waals surface area contributed by atoms with Gasteiger partial charge >= 0.3 is 6.18 Å². The highest BCUT2D eigenvalue weighted by Crippen LogP contribution is 2.31. The summed E-state index contributed by atoms with van der Waals surface area (Å²) in [5.41, 5.74) is 4.45. The highest BCUT2D eigenvalue weighted by Gasteiger charge is 2.32. The molecule has 14 heteroatoms. The lowest BCUT2D eigenvalue weighted by Gasteiger charge is -2.32. The second-order valence-electron chi connectivity index (χ2n) is 9.84. The summed E-state index contributed by atoms with van der Waals surface area (Å²) >= 11 is 0. The number of piperazine rings is 1. The fourth-order valence-electron chi connectivity index (χ4n) is 4.31. The maximum absolute atomic E-state index is 13.7. The minimum absolute atomic E-state index is 0.0266. The Balaban J connectivity index is 1.68. The molecule has 0 spiro atoms. The highest BCUT2D eigenvalue weighted by molar-refractivity contribution is 5.95. The molecule has 41 heavy (non-hydrogen) atoms. The van der Waals surface area contributed by atoms with Gasteiger partial charge in [-0.05, 0) is 57.6 Å². The van der Waals surface area contributed by atoms with Crippen LogP contribution in [-0.2, 0) is 17.4 Å². The van der Waals surface area contributed by atoms with Gasteiger partial charge in [0.05, 0.1) is 18.2 Å². The van der Waals surface area contributed by atoms with E-state index in [1.165, 1.54) is 13.0 Å². The number of ketones is 1. The van der Waals surface area contributed by atoms with E-state index in [2.05, 4.69) is 37.4 Å². The molecular formula is C27H35F3N8O3. The second kappa shape index (κ2) is 14.1. The summed E-state index contributed by atoms with van der Waals surface area (Å²) in [5, 5.41) is 15.0. The number of aromatic nitrogens is 2. The van der Waals surface area contributed by atoms with Gasteiger partial charge in [0.2, 0.25) is 11.8 Å². The van der Waals surface area contributed by atoms with Gasteiger partial charge in [0.1, 0.15) is 6.07 Å². The van der Waals surface area contributed by atoms with E-state index in [9.17, 15) is 28.0 Å². The minimum atomic E-state index is -4.71. The van der Waals surface area contributed by atoms with Crippen LogP contribution < -0.4 is 21.1 Å². The van der Waals surface area contributed by atoms with Crippen LogP contribution in [0.5, 0.6) is 5.88 Å². The van der Waals surface area contributed by atoms with E-state index in [1.807, 2.05) is 6.07 Å². The van der Waals surface area contributed by atoms with Crippen LogP contribution in [0.2, 0.25) is 0 Å². The van der Waals surface area contributed by atoms with Gasteiger partial charge < -0.3 is 30.9 Å². The summed E-state index contributed by atoms with van der Waals surface area (Å²) in [4.78, 5) is 38.1. The van der Waals surface area contributed by atoms with Crippen molar-refractivity contribution in [3.05, 3.63) is 40.5 Å². The van der Waals surface area contributed by atoms with Crippen LogP contribution in [0, 0.1) is 11.3 Å². The van der Waals surface area contributed by atoms with Gasteiger partial charge in [-0.3, -0.25) is 9.59 Å². The van der Waals surface area contributed by atoms with Crippen LogP contribution >= 0.6 is 0 Å². The Morgan fingerprint density at radius 2 is 1.90 bits per heavy atom. The van der Waals surface area contributed by atoms with E-state index in [0.717, 1.165) is 44.9 Å². The molecule has 2 heterocycles. The fraction of sp³-hybridized carbons (Fsp3) is 0.519. The predicted octanol–water partition coefficient (Wildman–Crippen LogP) is 2.33. The van der Waals surface area contributed by atoms with E-state index < -0.39 is 35.9 Å². The molecule has 1 amide bonds.